The molecule has 2 heterocycles. The van der Waals surface area contributed by atoms with Gasteiger partial charge in [0.15, 0.2) is 0 Å². The Kier molecular flexibility index (Phi) is 4.29. The molecule has 7 nitrogen and oxygen atoms in total. The third kappa shape index (κ3) is 3.11. The van der Waals surface area contributed by atoms with Crippen molar-refractivity contribution in [1.82, 2.24) is 15.2 Å². The molecule has 0 aromatic carbocycles. The standard InChI is InChI=1S/C13H16N4O3/c1-3-20-13(19)11-15-10(8-17(11)2)16-12(18)9-6-4-5-7-14-9/h4-7,10H,3,8H2,1-2H3,(H,16,18). The number of esters is 1. The van der Waals surface area contributed by atoms with E-state index in [-0.39, 0.29) is 18.3 Å². The molecule has 1 atom stereocenters. The van der Waals surface area contributed by atoms with Crippen LogP contribution in [0.2, 0.25) is 0 Å². The Balaban J connectivity index is 2.01. The van der Waals surface area contributed by atoms with Gasteiger partial charge in [-0.1, -0.05) is 6.07 Å². The number of amides is 1. The van der Waals surface area contributed by atoms with Gasteiger partial charge in [-0.2, -0.15) is 0 Å². The van der Waals surface area contributed by atoms with Gasteiger partial charge < -0.3 is 15.0 Å². The fourth-order valence-electron chi connectivity index (χ4n) is 1.84. The number of carbonyl (C=O) groups is 2. The molecule has 1 aromatic heterocycles. The Labute approximate surface area is 116 Å². The summed E-state index contributed by atoms with van der Waals surface area (Å²) in [6, 6.07) is 5.08. The van der Waals surface area contributed by atoms with Gasteiger partial charge in [-0.3, -0.25) is 9.78 Å². The minimum Gasteiger partial charge on any atom is -0.460 e. The number of rotatable bonds is 4. The summed E-state index contributed by atoms with van der Waals surface area (Å²) in [6.45, 7) is 2.44. The lowest BCUT2D eigenvalue weighted by Gasteiger charge is -2.13. The molecule has 1 aliphatic rings. The first-order valence-corrected chi connectivity index (χ1v) is 6.29. The zero-order chi connectivity index (χ0) is 14.5. The smallest absolute Gasteiger partial charge is 0.373 e. The van der Waals surface area contributed by atoms with Gasteiger partial charge in [0.05, 0.1) is 13.2 Å². The molecule has 7 heteroatoms. The molecule has 2 rings (SSSR count). The van der Waals surface area contributed by atoms with Crippen molar-refractivity contribution < 1.29 is 14.3 Å². The lowest BCUT2D eigenvalue weighted by molar-refractivity contribution is -0.135. The predicted molar refractivity (Wildman–Crippen MR) is 72.2 cm³/mol. The molecule has 0 fully saturated rings. The number of carbonyl (C=O) groups excluding carboxylic acids is 2. The summed E-state index contributed by atoms with van der Waals surface area (Å²) in [5.74, 6) is -0.583. The van der Waals surface area contributed by atoms with Crippen LogP contribution in [0.4, 0.5) is 0 Å². The van der Waals surface area contributed by atoms with Gasteiger partial charge in [-0.25, -0.2) is 9.79 Å². The number of ether oxygens (including phenoxy) is 1. The van der Waals surface area contributed by atoms with Crippen LogP contribution in [0.1, 0.15) is 17.4 Å². The number of amidine groups is 1. The third-order valence-electron chi connectivity index (χ3n) is 2.74. The lowest BCUT2D eigenvalue weighted by Crippen LogP contribution is -2.38. The first-order chi connectivity index (χ1) is 9.61. The first-order valence-electron chi connectivity index (χ1n) is 6.29. The van der Waals surface area contributed by atoms with Gasteiger partial charge in [-0.05, 0) is 19.1 Å². The zero-order valence-corrected chi connectivity index (χ0v) is 11.4. The van der Waals surface area contributed by atoms with Crippen LogP contribution in [-0.4, -0.2) is 54.0 Å². The minimum absolute atomic E-state index is 0.221. The molecular formula is C13H16N4O3. The summed E-state index contributed by atoms with van der Waals surface area (Å²) in [5.41, 5.74) is 0.315. The highest BCUT2D eigenvalue weighted by molar-refractivity contribution is 6.35. The summed E-state index contributed by atoms with van der Waals surface area (Å²) in [7, 11) is 1.72. The second-order valence-electron chi connectivity index (χ2n) is 4.26. The molecule has 0 saturated heterocycles. The van der Waals surface area contributed by atoms with E-state index in [1.165, 1.54) is 0 Å². The molecule has 0 bridgehead atoms. The van der Waals surface area contributed by atoms with E-state index in [0.29, 0.717) is 12.2 Å². The van der Waals surface area contributed by atoms with Crippen LogP contribution >= 0.6 is 0 Å². The van der Waals surface area contributed by atoms with E-state index < -0.39 is 12.1 Å². The molecule has 0 saturated carbocycles. The van der Waals surface area contributed by atoms with Crippen molar-refractivity contribution in [3.63, 3.8) is 0 Å². The van der Waals surface area contributed by atoms with Gasteiger partial charge in [0.25, 0.3) is 5.91 Å². The molecule has 0 spiro atoms. The number of likely N-dealkylation sites (N-methyl/N-ethyl adjacent to an activating group) is 1. The fourth-order valence-corrected chi connectivity index (χ4v) is 1.84. The maximum atomic E-state index is 11.9. The van der Waals surface area contributed by atoms with Gasteiger partial charge in [0.1, 0.15) is 11.9 Å². The molecule has 1 N–H and O–H groups in total. The van der Waals surface area contributed by atoms with Crippen LogP contribution in [0.15, 0.2) is 29.4 Å². The van der Waals surface area contributed by atoms with E-state index in [9.17, 15) is 9.59 Å². The van der Waals surface area contributed by atoms with Gasteiger partial charge in [0, 0.05) is 13.2 Å². The topological polar surface area (TPSA) is 83.9 Å². The number of nitrogens with one attached hydrogen (secondary N) is 1. The van der Waals surface area contributed by atoms with E-state index in [1.54, 1.807) is 43.3 Å². The molecule has 1 aliphatic heterocycles. The van der Waals surface area contributed by atoms with Crippen molar-refractivity contribution in [2.24, 2.45) is 4.99 Å². The average Bonchev–Trinajstić information content (AvgIpc) is 2.81. The highest BCUT2D eigenvalue weighted by Crippen LogP contribution is 2.07. The summed E-state index contributed by atoms with van der Waals surface area (Å²) in [4.78, 5) is 33.3. The quantitative estimate of drug-likeness (QED) is 0.785. The minimum atomic E-state index is -0.482. The Morgan fingerprint density at radius 2 is 2.30 bits per heavy atom. The number of hydrogen-bond donors (Lipinski definition) is 1. The van der Waals surface area contributed by atoms with Crippen LogP contribution in [0.3, 0.4) is 0 Å². The highest BCUT2D eigenvalue weighted by Gasteiger charge is 2.29. The number of pyridine rings is 1. The maximum absolute atomic E-state index is 11.9. The van der Waals surface area contributed by atoms with Gasteiger partial charge in [0.2, 0.25) is 5.84 Å². The predicted octanol–water partition coefficient (Wildman–Crippen LogP) is 0.0445. The van der Waals surface area contributed by atoms with Gasteiger partial charge >= 0.3 is 5.97 Å². The molecule has 1 unspecified atom stereocenters. The normalized spacial score (nSPS) is 17.6. The Morgan fingerprint density at radius 1 is 1.50 bits per heavy atom. The molecule has 1 amide bonds. The molecule has 0 aliphatic carbocycles. The van der Waals surface area contributed by atoms with Gasteiger partial charge in [-0.15, -0.1) is 0 Å². The van der Waals surface area contributed by atoms with Crippen LogP contribution in [0.25, 0.3) is 0 Å². The lowest BCUT2D eigenvalue weighted by atomic mass is 10.3. The molecule has 1 aromatic rings. The van der Waals surface area contributed by atoms with E-state index in [4.69, 9.17) is 4.74 Å². The zero-order valence-electron chi connectivity index (χ0n) is 11.4. The van der Waals surface area contributed by atoms with Crippen molar-refractivity contribution in [2.75, 3.05) is 20.2 Å². The number of nitrogens with zero attached hydrogens (tertiary/aromatic N) is 3. The van der Waals surface area contributed by atoms with Crippen molar-refractivity contribution in [2.45, 2.75) is 13.1 Å². The fraction of sp³-hybridized carbons (Fsp3) is 0.385. The third-order valence-corrected chi connectivity index (χ3v) is 2.74. The Hall–Kier alpha value is -2.44. The van der Waals surface area contributed by atoms with Crippen LogP contribution in [-0.2, 0) is 9.53 Å². The van der Waals surface area contributed by atoms with Crippen molar-refractivity contribution in [3.05, 3.63) is 30.1 Å². The summed E-state index contributed by atoms with van der Waals surface area (Å²) in [5, 5.41) is 2.71. The summed E-state index contributed by atoms with van der Waals surface area (Å²) in [6.07, 6.45) is 1.07. The van der Waals surface area contributed by atoms with Crippen LogP contribution < -0.4 is 5.32 Å². The second-order valence-corrected chi connectivity index (χ2v) is 4.26. The van der Waals surface area contributed by atoms with Crippen LogP contribution in [0, 0.1) is 0 Å². The number of hydrogen-bond acceptors (Lipinski definition) is 6. The van der Waals surface area contributed by atoms with E-state index >= 15 is 0 Å². The van der Waals surface area contributed by atoms with Crippen molar-refractivity contribution >= 4 is 17.7 Å². The Bertz CT molecular complexity index is 530. The maximum Gasteiger partial charge on any atom is 0.373 e. The van der Waals surface area contributed by atoms with E-state index in [2.05, 4.69) is 15.3 Å². The SMILES string of the molecule is CCOC(=O)C1=NC(NC(=O)c2ccccn2)CN1C. The largest absolute Gasteiger partial charge is 0.460 e. The monoisotopic (exact) mass is 276 g/mol. The van der Waals surface area contributed by atoms with E-state index in [1.807, 2.05) is 0 Å². The average molecular weight is 276 g/mol. The van der Waals surface area contributed by atoms with Crippen molar-refractivity contribution in [1.29, 1.82) is 0 Å². The molecule has 106 valence electrons. The van der Waals surface area contributed by atoms with Crippen LogP contribution in [0.5, 0.6) is 0 Å². The first kappa shape index (κ1) is 14.0. The van der Waals surface area contributed by atoms with E-state index in [0.717, 1.165) is 0 Å². The summed E-state index contributed by atoms with van der Waals surface area (Å²) < 4.78 is 4.90. The molecule has 0 radical (unpaired) electrons. The Morgan fingerprint density at radius 3 is 2.95 bits per heavy atom. The van der Waals surface area contributed by atoms with Crippen molar-refractivity contribution in [3.8, 4) is 0 Å². The number of aliphatic imine (C=N–C) groups is 1. The summed E-state index contributed by atoms with van der Waals surface area (Å²) >= 11 is 0. The second kappa shape index (κ2) is 6.14. The molecular weight excluding hydrogens is 260 g/mol. The molecule has 20 heavy (non-hydrogen) atoms. The number of aromatic nitrogens is 1. The highest BCUT2D eigenvalue weighted by atomic mass is 16.5.